The van der Waals surface area contributed by atoms with Crippen molar-refractivity contribution in [2.24, 2.45) is 0 Å². The smallest absolute Gasteiger partial charge is 0.319 e. The molecule has 2 N–H and O–H groups in total. The van der Waals surface area contributed by atoms with E-state index in [-0.39, 0.29) is 12.1 Å². The molecule has 1 aliphatic carbocycles. The maximum atomic E-state index is 12.1. The topological polar surface area (TPSA) is 82.3 Å². The molecule has 1 saturated carbocycles. The van der Waals surface area contributed by atoms with Gasteiger partial charge in [0.15, 0.2) is 0 Å². The molecule has 0 spiro atoms. The number of benzene rings is 2. The molecule has 1 aliphatic rings. The van der Waals surface area contributed by atoms with E-state index in [1.807, 2.05) is 50.2 Å². The van der Waals surface area contributed by atoms with Crippen LogP contribution in [0.4, 0.5) is 10.5 Å². The van der Waals surface area contributed by atoms with Gasteiger partial charge in [-0.2, -0.15) is 5.26 Å². The van der Waals surface area contributed by atoms with Crippen molar-refractivity contribution in [2.75, 3.05) is 32.1 Å². The van der Waals surface area contributed by atoms with Crippen molar-refractivity contribution in [3.8, 4) is 23.1 Å². The van der Waals surface area contributed by atoms with Gasteiger partial charge in [-0.3, -0.25) is 0 Å². The van der Waals surface area contributed by atoms with Crippen LogP contribution in [0.15, 0.2) is 42.5 Å². The first kappa shape index (κ1) is 24.6. The predicted molar refractivity (Wildman–Crippen MR) is 141 cm³/mol. The second-order valence-corrected chi connectivity index (χ2v) is 9.54. The van der Waals surface area contributed by atoms with Crippen LogP contribution in [0, 0.1) is 11.3 Å². The van der Waals surface area contributed by atoms with Crippen LogP contribution in [0.3, 0.4) is 0 Å². The molecule has 3 aromatic rings. The van der Waals surface area contributed by atoms with Crippen LogP contribution in [-0.2, 0) is 0 Å². The van der Waals surface area contributed by atoms with Crippen molar-refractivity contribution in [3.05, 3.63) is 48.0 Å². The van der Waals surface area contributed by atoms with Crippen LogP contribution in [0.2, 0.25) is 0 Å². The maximum Gasteiger partial charge on any atom is 0.319 e. The molecule has 35 heavy (non-hydrogen) atoms. The molecule has 0 saturated heterocycles. The van der Waals surface area contributed by atoms with Crippen LogP contribution in [0.25, 0.3) is 22.2 Å². The third kappa shape index (κ3) is 5.44. The normalized spacial score (nSPS) is 13.6. The van der Waals surface area contributed by atoms with Gasteiger partial charge in [0, 0.05) is 35.8 Å². The van der Waals surface area contributed by atoms with E-state index in [2.05, 4.69) is 46.2 Å². The van der Waals surface area contributed by atoms with E-state index in [1.54, 1.807) is 0 Å². The lowest BCUT2D eigenvalue weighted by Crippen LogP contribution is -2.34. The van der Waals surface area contributed by atoms with Crippen molar-refractivity contribution < 1.29 is 9.53 Å². The fourth-order valence-corrected chi connectivity index (χ4v) is 4.42. The zero-order valence-electron chi connectivity index (χ0n) is 21.1. The lowest BCUT2D eigenvalue weighted by molar-refractivity contribution is 0.244. The number of fused-ring (bicyclic) bond motifs is 1. The Labute approximate surface area is 207 Å². The summed E-state index contributed by atoms with van der Waals surface area (Å²) in [5.41, 5.74) is 4.34. The summed E-state index contributed by atoms with van der Waals surface area (Å²) in [6, 6.07) is 16.5. The van der Waals surface area contributed by atoms with Gasteiger partial charge < -0.3 is 24.8 Å². The molecule has 184 valence electrons. The zero-order chi connectivity index (χ0) is 24.9. The minimum absolute atomic E-state index is 0.0621. The molecule has 0 radical (unpaired) electrons. The molecule has 2 aromatic carbocycles. The van der Waals surface area contributed by atoms with Crippen LogP contribution in [0.5, 0.6) is 5.75 Å². The number of urea groups is 1. The molecule has 1 fully saturated rings. The Morgan fingerprint density at radius 1 is 1.23 bits per heavy atom. The quantitative estimate of drug-likeness (QED) is 0.414. The average molecular weight is 474 g/mol. The standard InChI is InChI=1S/C28H35N5O2/c1-5-32(4)15-16-35-23-13-14-24-25(18-29)27(33(26(24)17-23)22-7-6-8-22)20-9-11-21(12-10-20)31-28(34)30-19(2)3/h9-14,17,19,22H,5-8,15-16H2,1-4H3,(H2,30,31,34). The summed E-state index contributed by atoms with van der Waals surface area (Å²) >= 11 is 0. The molecular weight excluding hydrogens is 438 g/mol. The number of nitriles is 1. The lowest BCUT2D eigenvalue weighted by Gasteiger charge is -2.30. The van der Waals surface area contributed by atoms with E-state index in [9.17, 15) is 10.1 Å². The Bertz CT molecular complexity index is 1220. The second-order valence-electron chi connectivity index (χ2n) is 9.54. The van der Waals surface area contributed by atoms with Crippen molar-refractivity contribution in [3.63, 3.8) is 0 Å². The first-order valence-corrected chi connectivity index (χ1v) is 12.5. The Balaban J connectivity index is 1.69. The molecule has 0 unspecified atom stereocenters. The fourth-order valence-electron chi connectivity index (χ4n) is 4.42. The first-order chi connectivity index (χ1) is 16.9. The number of nitrogens with one attached hydrogen (secondary N) is 2. The van der Waals surface area contributed by atoms with E-state index in [4.69, 9.17) is 4.74 Å². The summed E-state index contributed by atoms with van der Waals surface area (Å²) < 4.78 is 8.39. The second kappa shape index (κ2) is 10.8. The Morgan fingerprint density at radius 3 is 2.57 bits per heavy atom. The van der Waals surface area contributed by atoms with Gasteiger partial charge in [0.1, 0.15) is 18.4 Å². The van der Waals surface area contributed by atoms with Gasteiger partial charge in [-0.05, 0) is 76.5 Å². The summed E-state index contributed by atoms with van der Waals surface area (Å²) in [4.78, 5) is 14.3. The number of hydrogen-bond donors (Lipinski definition) is 2. The van der Waals surface area contributed by atoms with E-state index in [0.29, 0.717) is 23.9 Å². The maximum absolute atomic E-state index is 12.1. The van der Waals surface area contributed by atoms with Gasteiger partial charge >= 0.3 is 6.03 Å². The van der Waals surface area contributed by atoms with Gasteiger partial charge in [-0.1, -0.05) is 19.1 Å². The molecule has 7 heteroatoms. The average Bonchev–Trinajstić information content (AvgIpc) is 3.11. The van der Waals surface area contributed by atoms with E-state index in [0.717, 1.165) is 53.8 Å². The van der Waals surface area contributed by atoms with Crippen LogP contribution in [0.1, 0.15) is 51.6 Å². The lowest BCUT2D eigenvalue weighted by atomic mass is 9.92. The highest BCUT2D eigenvalue weighted by Gasteiger charge is 2.28. The van der Waals surface area contributed by atoms with Gasteiger partial charge in [0.2, 0.25) is 0 Å². The minimum Gasteiger partial charge on any atom is -0.492 e. The monoisotopic (exact) mass is 473 g/mol. The highest BCUT2D eigenvalue weighted by molar-refractivity contribution is 5.96. The summed E-state index contributed by atoms with van der Waals surface area (Å²) in [7, 11) is 2.08. The summed E-state index contributed by atoms with van der Waals surface area (Å²) in [6.45, 7) is 8.44. The van der Waals surface area contributed by atoms with Gasteiger partial charge in [0.05, 0.1) is 16.8 Å². The van der Waals surface area contributed by atoms with E-state index >= 15 is 0 Å². The molecule has 1 heterocycles. The Kier molecular flexibility index (Phi) is 7.62. The molecular formula is C28H35N5O2. The highest BCUT2D eigenvalue weighted by Crippen LogP contribution is 2.43. The van der Waals surface area contributed by atoms with Crippen molar-refractivity contribution >= 4 is 22.6 Å². The summed E-state index contributed by atoms with van der Waals surface area (Å²) in [5, 5.41) is 16.8. The molecule has 4 rings (SSSR count). The third-order valence-corrected chi connectivity index (χ3v) is 6.64. The predicted octanol–water partition coefficient (Wildman–Crippen LogP) is 5.77. The van der Waals surface area contributed by atoms with Crippen molar-refractivity contribution in [1.82, 2.24) is 14.8 Å². The molecule has 0 atom stereocenters. The van der Waals surface area contributed by atoms with Gasteiger partial charge in [-0.15, -0.1) is 0 Å². The largest absolute Gasteiger partial charge is 0.492 e. The number of nitrogens with zero attached hydrogens (tertiary/aromatic N) is 3. The number of rotatable bonds is 9. The summed E-state index contributed by atoms with van der Waals surface area (Å²) in [6.07, 6.45) is 3.39. The molecule has 0 bridgehead atoms. The number of carbonyl (C=O) groups excluding carboxylic acids is 1. The van der Waals surface area contributed by atoms with Gasteiger partial charge in [0.25, 0.3) is 0 Å². The van der Waals surface area contributed by atoms with Crippen LogP contribution in [-0.4, -0.2) is 48.3 Å². The Hall–Kier alpha value is -3.50. The number of hydrogen-bond acceptors (Lipinski definition) is 4. The molecule has 7 nitrogen and oxygen atoms in total. The van der Waals surface area contributed by atoms with E-state index in [1.165, 1.54) is 6.42 Å². The van der Waals surface area contributed by atoms with E-state index < -0.39 is 0 Å². The molecule has 2 amide bonds. The number of likely N-dealkylation sites (N-methyl/N-ethyl adjacent to an activating group) is 1. The number of ether oxygens (including phenoxy) is 1. The van der Waals surface area contributed by atoms with Crippen LogP contribution >= 0.6 is 0 Å². The third-order valence-electron chi connectivity index (χ3n) is 6.64. The number of anilines is 1. The molecule has 0 aliphatic heterocycles. The number of amides is 2. The van der Waals surface area contributed by atoms with Crippen LogP contribution < -0.4 is 15.4 Å². The van der Waals surface area contributed by atoms with Gasteiger partial charge in [-0.25, -0.2) is 4.79 Å². The fraction of sp³-hybridized carbons (Fsp3) is 0.429. The summed E-state index contributed by atoms with van der Waals surface area (Å²) in [5.74, 6) is 0.826. The Morgan fingerprint density at radius 2 is 1.97 bits per heavy atom. The number of carbonyl (C=O) groups is 1. The molecule has 1 aromatic heterocycles. The SMILES string of the molecule is CCN(C)CCOc1ccc2c(C#N)c(-c3ccc(NC(=O)NC(C)C)cc3)n(C3CCC3)c2c1. The zero-order valence-corrected chi connectivity index (χ0v) is 21.1. The van der Waals surface area contributed by atoms with Crippen molar-refractivity contribution in [1.29, 1.82) is 5.26 Å². The highest BCUT2D eigenvalue weighted by atomic mass is 16.5. The van der Waals surface area contributed by atoms with Crippen molar-refractivity contribution in [2.45, 2.75) is 52.1 Å². The number of aromatic nitrogens is 1. The minimum atomic E-state index is -0.230. The first-order valence-electron chi connectivity index (χ1n) is 12.5.